The molecule has 0 aliphatic carbocycles. The summed E-state index contributed by atoms with van der Waals surface area (Å²) in [7, 11) is 0. The Bertz CT molecular complexity index is 701. The summed E-state index contributed by atoms with van der Waals surface area (Å²) in [6.07, 6.45) is 2.56. The summed E-state index contributed by atoms with van der Waals surface area (Å²) in [5, 5.41) is 15.0. The number of nitrogens with zero attached hydrogens (tertiary/aromatic N) is 2. The normalized spacial score (nSPS) is 15.1. The molecule has 8 heteroatoms. The monoisotopic (exact) mass is 357 g/mol. The molecule has 2 rings (SSSR count). The number of benzene rings is 1. The quantitative estimate of drug-likeness (QED) is 0.420. The first kappa shape index (κ1) is 19.1. The van der Waals surface area contributed by atoms with Gasteiger partial charge in [-0.25, -0.2) is 4.79 Å². The van der Waals surface area contributed by atoms with Crippen LogP contribution in [-0.2, 0) is 9.53 Å². The maximum Gasteiger partial charge on any atom is 0.409 e. The number of nitrogens with one attached hydrogen (secondary N) is 2. The van der Waals surface area contributed by atoms with Crippen LogP contribution in [0.4, 0.5) is 16.2 Å². The van der Waals surface area contributed by atoms with Crippen molar-refractivity contribution < 1.29 is 14.3 Å². The number of carbonyl (C=O) groups is 2. The van der Waals surface area contributed by atoms with E-state index in [0.717, 1.165) is 0 Å². The van der Waals surface area contributed by atoms with E-state index < -0.39 is 5.91 Å². The van der Waals surface area contributed by atoms with Gasteiger partial charge in [-0.15, -0.1) is 0 Å². The molecule has 0 aromatic heterocycles. The van der Waals surface area contributed by atoms with Gasteiger partial charge in [-0.05, 0) is 44.0 Å². The molecular weight excluding hydrogens is 334 g/mol. The highest BCUT2D eigenvalue weighted by Gasteiger charge is 2.23. The standard InChI is InChI=1S/C18H23N5O3/c1-2-26-18(25)23-9-7-15(8-10-23)21-12-13(11-19)17(24)22-16-5-3-14(20)4-6-16/h3-6,12,15,21H,2,7-10,20H2,1H3,(H,22,24)/b13-12-. The molecular formula is C18H23N5O3. The smallest absolute Gasteiger partial charge is 0.409 e. The van der Waals surface area contributed by atoms with Crippen molar-refractivity contribution in [2.24, 2.45) is 0 Å². The molecule has 2 amide bonds. The first-order chi connectivity index (χ1) is 12.5. The number of nitrogen functional groups attached to an aromatic ring is 1. The number of likely N-dealkylation sites (tertiary alicyclic amines) is 1. The van der Waals surface area contributed by atoms with Gasteiger partial charge in [0.2, 0.25) is 0 Å². The number of nitrogens with two attached hydrogens (primary N) is 1. The highest BCUT2D eigenvalue weighted by Crippen LogP contribution is 2.13. The number of hydrogen-bond acceptors (Lipinski definition) is 6. The molecule has 1 heterocycles. The first-order valence-corrected chi connectivity index (χ1v) is 8.48. The summed E-state index contributed by atoms with van der Waals surface area (Å²) in [5.41, 5.74) is 6.74. The van der Waals surface area contributed by atoms with Crippen LogP contribution >= 0.6 is 0 Å². The lowest BCUT2D eigenvalue weighted by Crippen LogP contribution is -2.44. The second-order valence-corrected chi connectivity index (χ2v) is 5.87. The highest BCUT2D eigenvalue weighted by atomic mass is 16.6. The first-order valence-electron chi connectivity index (χ1n) is 8.48. The molecule has 0 saturated carbocycles. The summed E-state index contributed by atoms with van der Waals surface area (Å²) in [4.78, 5) is 25.5. The summed E-state index contributed by atoms with van der Waals surface area (Å²) in [5.74, 6) is -0.492. The van der Waals surface area contributed by atoms with Crippen molar-refractivity contribution in [1.82, 2.24) is 10.2 Å². The Morgan fingerprint density at radius 2 is 2.00 bits per heavy atom. The third kappa shape index (κ3) is 5.41. The Balaban J connectivity index is 1.85. The van der Waals surface area contributed by atoms with Crippen molar-refractivity contribution in [3.8, 4) is 6.07 Å². The Kier molecular flexibility index (Phi) is 6.85. The van der Waals surface area contributed by atoms with Gasteiger partial charge >= 0.3 is 6.09 Å². The van der Waals surface area contributed by atoms with Crippen LogP contribution in [0.2, 0.25) is 0 Å². The molecule has 0 radical (unpaired) electrons. The minimum atomic E-state index is -0.492. The van der Waals surface area contributed by atoms with E-state index in [1.807, 2.05) is 6.07 Å². The third-order valence-electron chi connectivity index (χ3n) is 4.02. The largest absolute Gasteiger partial charge is 0.450 e. The van der Waals surface area contributed by atoms with E-state index in [1.54, 1.807) is 36.1 Å². The van der Waals surface area contributed by atoms with E-state index in [0.29, 0.717) is 43.9 Å². The number of piperidine rings is 1. The molecule has 1 saturated heterocycles. The van der Waals surface area contributed by atoms with E-state index in [2.05, 4.69) is 10.6 Å². The van der Waals surface area contributed by atoms with Gasteiger partial charge in [0, 0.05) is 36.7 Å². The molecule has 1 aliphatic heterocycles. The van der Waals surface area contributed by atoms with Gasteiger partial charge in [0.1, 0.15) is 11.6 Å². The summed E-state index contributed by atoms with van der Waals surface area (Å²) >= 11 is 0. The lowest BCUT2D eigenvalue weighted by molar-refractivity contribution is -0.112. The van der Waals surface area contributed by atoms with Crippen LogP contribution in [0.1, 0.15) is 19.8 Å². The van der Waals surface area contributed by atoms with Gasteiger partial charge in [-0.3, -0.25) is 4.79 Å². The second-order valence-electron chi connectivity index (χ2n) is 5.87. The Morgan fingerprint density at radius 1 is 1.35 bits per heavy atom. The second kappa shape index (κ2) is 9.32. The molecule has 1 fully saturated rings. The molecule has 1 aromatic carbocycles. The molecule has 1 aliphatic rings. The van der Waals surface area contributed by atoms with E-state index in [9.17, 15) is 14.9 Å². The van der Waals surface area contributed by atoms with Crippen molar-refractivity contribution in [2.45, 2.75) is 25.8 Å². The topological polar surface area (TPSA) is 120 Å². The van der Waals surface area contributed by atoms with Crippen molar-refractivity contribution in [2.75, 3.05) is 30.7 Å². The SMILES string of the molecule is CCOC(=O)N1CCC(N/C=C(/C#N)C(=O)Nc2ccc(N)cc2)CC1. The molecule has 0 spiro atoms. The fourth-order valence-electron chi connectivity index (χ4n) is 2.56. The average Bonchev–Trinajstić information content (AvgIpc) is 2.65. The van der Waals surface area contributed by atoms with Crippen LogP contribution in [0, 0.1) is 11.3 Å². The zero-order valence-electron chi connectivity index (χ0n) is 14.7. The Morgan fingerprint density at radius 3 is 2.58 bits per heavy atom. The molecule has 1 aromatic rings. The van der Waals surface area contributed by atoms with Crippen LogP contribution in [0.15, 0.2) is 36.0 Å². The van der Waals surface area contributed by atoms with Gasteiger partial charge < -0.3 is 26.0 Å². The van der Waals surface area contributed by atoms with Crippen LogP contribution in [0.25, 0.3) is 0 Å². The Hall–Kier alpha value is -3.21. The number of nitriles is 1. The lowest BCUT2D eigenvalue weighted by atomic mass is 10.1. The number of anilines is 2. The van der Waals surface area contributed by atoms with Gasteiger partial charge in [0.25, 0.3) is 5.91 Å². The van der Waals surface area contributed by atoms with Crippen LogP contribution in [0.3, 0.4) is 0 Å². The highest BCUT2D eigenvalue weighted by molar-refractivity contribution is 6.06. The minimum absolute atomic E-state index is 0.0188. The maximum atomic E-state index is 12.2. The number of carbonyl (C=O) groups excluding carboxylic acids is 2. The van der Waals surface area contributed by atoms with E-state index in [4.69, 9.17) is 10.5 Å². The summed E-state index contributed by atoms with van der Waals surface area (Å²) in [6, 6.07) is 8.66. The molecule has 138 valence electrons. The van der Waals surface area contributed by atoms with Crippen LogP contribution in [-0.4, -0.2) is 42.6 Å². The van der Waals surface area contributed by atoms with Crippen molar-refractivity contribution in [3.63, 3.8) is 0 Å². The summed E-state index contributed by atoms with van der Waals surface area (Å²) < 4.78 is 4.98. The van der Waals surface area contributed by atoms with Crippen molar-refractivity contribution in [1.29, 1.82) is 5.26 Å². The minimum Gasteiger partial charge on any atom is -0.450 e. The molecule has 0 unspecified atom stereocenters. The van der Waals surface area contributed by atoms with Crippen LogP contribution in [0.5, 0.6) is 0 Å². The van der Waals surface area contributed by atoms with E-state index in [-0.39, 0.29) is 17.7 Å². The number of ether oxygens (including phenoxy) is 1. The molecule has 4 N–H and O–H groups in total. The molecule has 26 heavy (non-hydrogen) atoms. The van der Waals surface area contributed by atoms with Gasteiger partial charge in [0.15, 0.2) is 0 Å². The van der Waals surface area contributed by atoms with Gasteiger partial charge in [0.05, 0.1) is 6.61 Å². The zero-order chi connectivity index (χ0) is 18.9. The van der Waals surface area contributed by atoms with E-state index in [1.165, 1.54) is 6.20 Å². The lowest BCUT2D eigenvalue weighted by Gasteiger charge is -2.31. The molecule has 0 atom stereocenters. The Labute approximate surface area is 152 Å². The predicted molar refractivity (Wildman–Crippen MR) is 97.9 cm³/mol. The molecule has 8 nitrogen and oxygen atoms in total. The maximum absolute atomic E-state index is 12.2. The van der Waals surface area contributed by atoms with Gasteiger partial charge in [-0.1, -0.05) is 0 Å². The van der Waals surface area contributed by atoms with Crippen LogP contribution < -0.4 is 16.4 Å². The number of hydrogen-bond donors (Lipinski definition) is 3. The number of amides is 2. The van der Waals surface area contributed by atoms with Crippen molar-refractivity contribution in [3.05, 3.63) is 36.0 Å². The van der Waals surface area contributed by atoms with E-state index >= 15 is 0 Å². The molecule has 0 bridgehead atoms. The summed E-state index contributed by atoms with van der Waals surface area (Å²) in [6.45, 7) is 3.28. The third-order valence-corrected chi connectivity index (χ3v) is 4.02. The average molecular weight is 357 g/mol. The van der Waals surface area contributed by atoms with Crippen molar-refractivity contribution >= 4 is 23.4 Å². The fraction of sp³-hybridized carbons (Fsp3) is 0.389. The fourth-order valence-corrected chi connectivity index (χ4v) is 2.56. The van der Waals surface area contributed by atoms with Gasteiger partial charge in [-0.2, -0.15) is 5.26 Å². The number of rotatable bonds is 5. The zero-order valence-corrected chi connectivity index (χ0v) is 14.7. The predicted octanol–water partition coefficient (Wildman–Crippen LogP) is 1.83.